The molecule has 1 aliphatic rings. The molecule has 6 heteroatoms. The molecule has 1 unspecified atom stereocenters. The fourth-order valence-corrected chi connectivity index (χ4v) is 3.22. The van der Waals surface area contributed by atoms with Crippen LogP contribution in [-0.4, -0.2) is 33.9 Å². The van der Waals surface area contributed by atoms with E-state index in [1.807, 2.05) is 43.6 Å². The zero-order valence-electron chi connectivity index (χ0n) is 13.7. The monoisotopic (exact) mass is 326 g/mol. The van der Waals surface area contributed by atoms with Crippen molar-refractivity contribution in [2.24, 2.45) is 12.8 Å². The number of aryl methyl sites for hydroxylation is 1. The van der Waals surface area contributed by atoms with E-state index in [9.17, 15) is 9.59 Å². The van der Waals surface area contributed by atoms with Crippen LogP contribution in [0.1, 0.15) is 28.9 Å². The number of hydrogen-bond acceptors (Lipinski definition) is 3. The Hall–Kier alpha value is -2.60. The van der Waals surface area contributed by atoms with Gasteiger partial charge in [0.2, 0.25) is 5.91 Å². The maximum absolute atomic E-state index is 12.4. The lowest BCUT2D eigenvalue weighted by Crippen LogP contribution is -2.39. The normalized spacial score (nSPS) is 17.8. The molecule has 0 aliphatic carbocycles. The molecule has 6 nitrogen and oxygen atoms in total. The number of benzene rings is 1. The van der Waals surface area contributed by atoms with E-state index in [-0.39, 0.29) is 17.9 Å². The molecule has 2 heterocycles. The molecule has 1 aromatic heterocycles. The third-order valence-corrected chi connectivity index (χ3v) is 4.51. The summed E-state index contributed by atoms with van der Waals surface area (Å²) in [5, 5.41) is 2.97. The second kappa shape index (κ2) is 6.88. The molecule has 24 heavy (non-hydrogen) atoms. The first-order chi connectivity index (χ1) is 11.6. The minimum absolute atomic E-state index is 0.150. The zero-order valence-corrected chi connectivity index (χ0v) is 13.7. The SMILES string of the molecule is Cn1cccc1C(=O)Nc1ccccc1CN1CCCC1C(N)=O. The lowest BCUT2D eigenvalue weighted by molar-refractivity contribution is -0.122. The Balaban J connectivity index is 1.77. The van der Waals surface area contributed by atoms with Crippen LogP contribution in [0.3, 0.4) is 0 Å². The van der Waals surface area contributed by atoms with Gasteiger partial charge in [0.1, 0.15) is 5.69 Å². The van der Waals surface area contributed by atoms with Gasteiger partial charge in [-0.15, -0.1) is 0 Å². The Morgan fingerprint density at radius 3 is 2.75 bits per heavy atom. The van der Waals surface area contributed by atoms with Gasteiger partial charge in [0.15, 0.2) is 0 Å². The summed E-state index contributed by atoms with van der Waals surface area (Å²) in [6.07, 6.45) is 3.60. The van der Waals surface area contributed by atoms with Crippen molar-refractivity contribution in [2.45, 2.75) is 25.4 Å². The third kappa shape index (κ3) is 3.33. The molecule has 1 atom stereocenters. The highest BCUT2D eigenvalue weighted by Crippen LogP contribution is 2.24. The molecule has 1 aromatic carbocycles. The molecule has 0 spiro atoms. The van der Waals surface area contributed by atoms with E-state index in [4.69, 9.17) is 5.73 Å². The third-order valence-electron chi connectivity index (χ3n) is 4.51. The van der Waals surface area contributed by atoms with Gasteiger partial charge in [-0.25, -0.2) is 0 Å². The van der Waals surface area contributed by atoms with Crippen molar-refractivity contribution < 1.29 is 9.59 Å². The lowest BCUT2D eigenvalue weighted by atomic mass is 10.1. The van der Waals surface area contributed by atoms with Crippen LogP contribution in [0.15, 0.2) is 42.6 Å². The van der Waals surface area contributed by atoms with Gasteiger partial charge in [-0.1, -0.05) is 18.2 Å². The van der Waals surface area contributed by atoms with Crippen molar-refractivity contribution in [3.8, 4) is 0 Å². The summed E-state index contributed by atoms with van der Waals surface area (Å²) in [6.45, 7) is 1.44. The highest BCUT2D eigenvalue weighted by atomic mass is 16.2. The molecule has 1 aliphatic heterocycles. The van der Waals surface area contributed by atoms with Gasteiger partial charge in [-0.3, -0.25) is 14.5 Å². The Kier molecular flexibility index (Phi) is 4.66. The summed E-state index contributed by atoms with van der Waals surface area (Å²) in [6, 6.07) is 11.1. The van der Waals surface area contributed by atoms with Gasteiger partial charge in [0, 0.05) is 25.5 Å². The molecular formula is C18H22N4O2. The van der Waals surface area contributed by atoms with Crippen LogP contribution < -0.4 is 11.1 Å². The summed E-state index contributed by atoms with van der Waals surface area (Å²) < 4.78 is 1.78. The van der Waals surface area contributed by atoms with Gasteiger partial charge < -0.3 is 15.6 Å². The van der Waals surface area contributed by atoms with E-state index < -0.39 is 0 Å². The first-order valence-electron chi connectivity index (χ1n) is 8.10. The number of likely N-dealkylation sites (tertiary alicyclic amines) is 1. The molecule has 3 rings (SSSR count). The van der Waals surface area contributed by atoms with Crippen molar-refractivity contribution in [3.63, 3.8) is 0 Å². The van der Waals surface area contributed by atoms with E-state index in [1.165, 1.54) is 0 Å². The quantitative estimate of drug-likeness (QED) is 0.878. The van der Waals surface area contributed by atoms with Crippen LogP contribution in [0.25, 0.3) is 0 Å². The topological polar surface area (TPSA) is 80.4 Å². The predicted molar refractivity (Wildman–Crippen MR) is 92.4 cm³/mol. The minimum atomic E-state index is -0.280. The summed E-state index contributed by atoms with van der Waals surface area (Å²) in [5.41, 5.74) is 7.83. The molecule has 0 saturated carbocycles. The number of carbonyl (C=O) groups excluding carboxylic acids is 2. The standard InChI is InChI=1S/C18H22N4O2/c1-21-10-4-9-16(21)18(24)20-14-7-3-2-6-13(14)12-22-11-5-8-15(22)17(19)23/h2-4,6-7,9-10,15H,5,8,11-12H2,1H3,(H2,19,23)(H,20,24). The summed E-state index contributed by atoms with van der Waals surface area (Å²) in [5.74, 6) is -0.430. The molecule has 2 amide bonds. The second-order valence-corrected chi connectivity index (χ2v) is 6.15. The molecule has 1 fully saturated rings. The van der Waals surface area contributed by atoms with E-state index in [0.29, 0.717) is 12.2 Å². The summed E-state index contributed by atoms with van der Waals surface area (Å²) in [4.78, 5) is 26.1. The number of para-hydroxylation sites is 1. The Bertz CT molecular complexity index is 753. The predicted octanol–water partition coefficient (Wildman–Crippen LogP) is 1.73. The summed E-state index contributed by atoms with van der Waals surface area (Å²) in [7, 11) is 1.84. The number of nitrogens with two attached hydrogens (primary N) is 1. The Labute approximate surface area is 141 Å². The van der Waals surface area contributed by atoms with Gasteiger partial charge in [-0.05, 0) is 43.1 Å². The zero-order chi connectivity index (χ0) is 17.1. The number of primary amides is 1. The Morgan fingerprint density at radius 2 is 2.04 bits per heavy atom. The van der Waals surface area contributed by atoms with Crippen LogP contribution in [-0.2, 0) is 18.4 Å². The minimum Gasteiger partial charge on any atom is -0.368 e. The van der Waals surface area contributed by atoms with Crippen LogP contribution >= 0.6 is 0 Å². The molecule has 2 aromatic rings. The van der Waals surface area contributed by atoms with Crippen LogP contribution in [0.4, 0.5) is 5.69 Å². The van der Waals surface area contributed by atoms with E-state index in [2.05, 4.69) is 10.2 Å². The number of hydrogen-bond donors (Lipinski definition) is 2. The van der Waals surface area contributed by atoms with Crippen LogP contribution in [0.5, 0.6) is 0 Å². The van der Waals surface area contributed by atoms with E-state index in [0.717, 1.165) is 30.6 Å². The number of nitrogens with one attached hydrogen (secondary N) is 1. The first-order valence-corrected chi connectivity index (χ1v) is 8.10. The van der Waals surface area contributed by atoms with Crippen molar-refractivity contribution >= 4 is 17.5 Å². The number of amides is 2. The van der Waals surface area contributed by atoms with Crippen molar-refractivity contribution in [1.82, 2.24) is 9.47 Å². The van der Waals surface area contributed by atoms with E-state index >= 15 is 0 Å². The molecular weight excluding hydrogens is 304 g/mol. The number of rotatable bonds is 5. The van der Waals surface area contributed by atoms with Gasteiger partial charge in [0.05, 0.1) is 6.04 Å². The molecule has 0 radical (unpaired) electrons. The highest BCUT2D eigenvalue weighted by molar-refractivity contribution is 6.03. The largest absolute Gasteiger partial charge is 0.368 e. The van der Waals surface area contributed by atoms with Crippen molar-refractivity contribution in [3.05, 3.63) is 53.9 Å². The lowest BCUT2D eigenvalue weighted by Gasteiger charge is -2.23. The molecule has 1 saturated heterocycles. The number of anilines is 1. The number of aromatic nitrogens is 1. The molecule has 3 N–H and O–H groups in total. The van der Waals surface area contributed by atoms with Gasteiger partial charge in [0.25, 0.3) is 5.91 Å². The number of carbonyl (C=O) groups is 2. The maximum Gasteiger partial charge on any atom is 0.272 e. The fourth-order valence-electron chi connectivity index (χ4n) is 3.22. The maximum atomic E-state index is 12.4. The summed E-state index contributed by atoms with van der Waals surface area (Å²) >= 11 is 0. The highest BCUT2D eigenvalue weighted by Gasteiger charge is 2.29. The molecule has 0 bridgehead atoms. The van der Waals surface area contributed by atoms with E-state index in [1.54, 1.807) is 10.6 Å². The second-order valence-electron chi connectivity index (χ2n) is 6.15. The van der Waals surface area contributed by atoms with Crippen LogP contribution in [0, 0.1) is 0 Å². The average molecular weight is 326 g/mol. The number of nitrogens with zero attached hydrogens (tertiary/aromatic N) is 2. The molecule has 126 valence electrons. The van der Waals surface area contributed by atoms with Gasteiger partial charge in [-0.2, -0.15) is 0 Å². The fraction of sp³-hybridized carbons (Fsp3) is 0.333. The van der Waals surface area contributed by atoms with Gasteiger partial charge >= 0.3 is 0 Å². The Morgan fingerprint density at radius 1 is 1.25 bits per heavy atom. The smallest absolute Gasteiger partial charge is 0.272 e. The first kappa shape index (κ1) is 16.3. The average Bonchev–Trinajstić information content (AvgIpc) is 3.18. The van der Waals surface area contributed by atoms with Crippen molar-refractivity contribution in [2.75, 3.05) is 11.9 Å². The van der Waals surface area contributed by atoms with Crippen LogP contribution in [0.2, 0.25) is 0 Å². The van der Waals surface area contributed by atoms with Crippen molar-refractivity contribution in [1.29, 1.82) is 0 Å².